The predicted molar refractivity (Wildman–Crippen MR) is 125 cm³/mol. The molecule has 10 heteroatoms. The molecule has 0 atom stereocenters. The summed E-state index contributed by atoms with van der Waals surface area (Å²) in [7, 11) is 1.09. The van der Waals surface area contributed by atoms with Crippen LogP contribution in [0, 0.1) is 11.3 Å². The van der Waals surface area contributed by atoms with Crippen molar-refractivity contribution >= 4 is 17.3 Å². The SMILES string of the molecule is COC(=O)c1c(N)c(C#N)cn1-c1ccc(N2CCN(Cc3ccccc3)CC2)cc1C(F)(F)F. The zero-order valence-electron chi connectivity index (χ0n) is 19.0. The molecule has 0 amide bonds. The highest BCUT2D eigenvalue weighted by molar-refractivity contribution is 5.96. The van der Waals surface area contributed by atoms with Crippen LogP contribution in [0.5, 0.6) is 0 Å². The largest absolute Gasteiger partial charge is 0.464 e. The molecule has 0 spiro atoms. The average molecular weight is 483 g/mol. The molecule has 3 aromatic rings. The molecule has 1 aliphatic heterocycles. The van der Waals surface area contributed by atoms with Crippen molar-refractivity contribution < 1.29 is 22.7 Å². The normalized spacial score (nSPS) is 14.5. The number of rotatable bonds is 5. The lowest BCUT2D eigenvalue weighted by Gasteiger charge is -2.36. The van der Waals surface area contributed by atoms with Gasteiger partial charge in [-0.25, -0.2) is 4.79 Å². The number of aromatic nitrogens is 1. The molecule has 1 fully saturated rings. The molecule has 182 valence electrons. The first-order valence-corrected chi connectivity index (χ1v) is 10.9. The molecule has 1 saturated heterocycles. The van der Waals surface area contributed by atoms with Crippen LogP contribution in [0.2, 0.25) is 0 Å². The standard InChI is InChI=1S/C25H24F3N5O2/c1-35-24(34)23-22(30)18(14-29)16-33(23)21-8-7-19(13-20(21)25(26,27)28)32-11-9-31(10-12-32)15-17-5-3-2-4-6-17/h2-8,13,16H,9-12,15,30H2,1H3. The van der Waals surface area contributed by atoms with Crippen LogP contribution in [-0.2, 0) is 17.5 Å². The lowest BCUT2D eigenvalue weighted by Crippen LogP contribution is -2.46. The average Bonchev–Trinajstić information content (AvgIpc) is 3.19. The Balaban J connectivity index is 1.63. The number of carbonyl (C=O) groups is 1. The highest BCUT2D eigenvalue weighted by Crippen LogP contribution is 2.38. The van der Waals surface area contributed by atoms with Gasteiger partial charge in [-0.1, -0.05) is 30.3 Å². The number of benzene rings is 2. The third-order valence-electron chi connectivity index (χ3n) is 6.08. The number of hydrogen-bond donors (Lipinski definition) is 1. The summed E-state index contributed by atoms with van der Waals surface area (Å²) in [5, 5.41) is 9.29. The van der Waals surface area contributed by atoms with Gasteiger partial charge in [0.15, 0.2) is 5.69 Å². The number of anilines is 2. The second-order valence-electron chi connectivity index (χ2n) is 8.23. The van der Waals surface area contributed by atoms with Gasteiger partial charge in [0, 0.05) is 44.6 Å². The van der Waals surface area contributed by atoms with Crippen LogP contribution in [-0.4, -0.2) is 48.7 Å². The van der Waals surface area contributed by atoms with Gasteiger partial charge in [-0.3, -0.25) is 4.90 Å². The van der Waals surface area contributed by atoms with E-state index in [2.05, 4.69) is 17.0 Å². The zero-order valence-corrected chi connectivity index (χ0v) is 19.0. The van der Waals surface area contributed by atoms with Gasteiger partial charge in [-0.05, 0) is 23.8 Å². The third kappa shape index (κ3) is 4.95. The number of nitrogens with zero attached hydrogens (tertiary/aromatic N) is 4. The number of nitrogen functional groups attached to an aromatic ring is 1. The molecule has 4 rings (SSSR count). The Bertz CT molecular complexity index is 1260. The van der Waals surface area contributed by atoms with Gasteiger partial charge < -0.3 is 19.9 Å². The van der Waals surface area contributed by atoms with E-state index in [9.17, 15) is 23.2 Å². The molecular weight excluding hydrogens is 459 g/mol. The minimum Gasteiger partial charge on any atom is -0.464 e. The fourth-order valence-electron chi connectivity index (χ4n) is 4.27. The van der Waals surface area contributed by atoms with Crippen LogP contribution in [0.1, 0.15) is 27.2 Å². The smallest absolute Gasteiger partial charge is 0.418 e. The first-order chi connectivity index (χ1) is 16.7. The number of piperazine rings is 1. The molecule has 7 nitrogen and oxygen atoms in total. The van der Waals surface area contributed by atoms with E-state index in [4.69, 9.17) is 10.5 Å². The van der Waals surface area contributed by atoms with E-state index in [0.29, 0.717) is 31.9 Å². The fraction of sp³-hybridized carbons (Fsp3) is 0.280. The minimum absolute atomic E-state index is 0.114. The molecule has 2 aromatic carbocycles. The maximum Gasteiger partial charge on any atom is 0.418 e. The predicted octanol–water partition coefficient (Wildman–Crippen LogP) is 4.06. The maximum atomic E-state index is 14.1. The number of nitrogens with two attached hydrogens (primary N) is 1. The molecule has 35 heavy (non-hydrogen) atoms. The summed E-state index contributed by atoms with van der Waals surface area (Å²) in [5.41, 5.74) is 5.57. The summed E-state index contributed by atoms with van der Waals surface area (Å²) in [5.74, 6) is -0.935. The van der Waals surface area contributed by atoms with Crippen molar-refractivity contribution in [3.63, 3.8) is 0 Å². The highest BCUT2D eigenvalue weighted by Gasteiger charge is 2.36. The Hall–Kier alpha value is -3.97. The van der Waals surface area contributed by atoms with Crippen molar-refractivity contribution in [3.8, 4) is 11.8 Å². The van der Waals surface area contributed by atoms with Crippen LogP contribution < -0.4 is 10.6 Å². The number of esters is 1. The summed E-state index contributed by atoms with van der Waals surface area (Å²) in [6.45, 7) is 3.36. The Labute approximate surface area is 200 Å². The molecule has 0 saturated carbocycles. The number of halogens is 3. The van der Waals surface area contributed by atoms with Crippen LogP contribution in [0.3, 0.4) is 0 Å². The Kier molecular flexibility index (Phi) is 6.71. The molecule has 1 aliphatic rings. The van der Waals surface area contributed by atoms with Crippen LogP contribution in [0.4, 0.5) is 24.5 Å². The van der Waals surface area contributed by atoms with E-state index in [-0.39, 0.29) is 22.6 Å². The summed E-state index contributed by atoms with van der Waals surface area (Å²) in [4.78, 5) is 16.4. The molecular formula is C25H24F3N5O2. The Morgan fingerprint density at radius 2 is 1.80 bits per heavy atom. The number of alkyl halides is 3. The maximum absolute atomic E-state index is 14.1. The summed E-state index contributed by atoms with van der Waals surface area (Å²) < 4.78 is 48.1. The van der Waals surface area contributed by atoms with E-state index in [1.54, 1.807) is 12.1 Å². The fourth-order valence-corrected chi connectivity index (χ4v) is 4.27. The molecule has 2 heterocycles. The monoisotopic (exact) mass is 483 g/mol. The van der Waals surface area contributed by atoms with Crippen molar-refractivity contribution in [3.05, 3.63) is 77.1 Å². The van der Waals surface area contributed by atoms with Crippen molar-refractivity contribution in [2.75, 3.05) is 43.9 Å². The Morgan fingerprint density at radius 3 is 2.40 bits per heavy atom. The van der Waals surface area contributed by atoms with Gasteiger partial charge in [0.1, 0.15) is 6.07 Å². The molecule has 0 radical (unpaired) electrons. The van der Waals surface area contributed by atoms with Crippen LogP contribution in [0.15, 0.2) is 54.7 Å². The number of carbonyl (C=O) groups excluding carboxylic acids is 1. The first kappa shape index (κ1) is 24.2. The second kappa shape index (κ2) is 9.72. The summed E-state index contributed by atoms with van der Waals surface area (Å²) in [6, 6.07) is 15.8. The number of methoxy groups -OCH3 is 1. The van der Waals surface area contributed by atoms with Crippen LogP contribution in [0.25, 0.3) is 5.69 Å². The minimum atomic E-state index is -4.71. The third-order valence-corrected chi connectivity index (χ3v) is 6.08. The number of hydrogen-bond acceptors (Lipinski definition) is 6. The van der Waals surface area contributed by atoms with E-state index in [1.165, 1.54) is 11.6 Å². The van der Waals surface area contributed by atoms with Gasteiger partial charge in [0.05, 0.1) is 29.6 Å². The zero-order chi connectivity index (χ0) is 25.2. The van der Waals surface area contributed by atoms with Crippen molar-refractivity contribution in [2.24, 2.45) is 0 Å². The topological polar surface area (TPSA) is 87.5 Å². The lowest BCUT2D eigenvalue weighted by atomic mass is 10.1. The van der Waals surface area contributed by atoms with E-state index < -0.39 is 17.7 Å². The summed E-state index contributed by atoms with van der Waals surface area (Å²) in [6.07, 6.45) is -3.59. The number of nitriles is 1. The molecule has 0 bridgehead atoms. The highest BCUT2D eigenvalue weighted by atomic mass is 19.4. The summed E-state index contributed by atoms with van der Waals surface area (Å²) >= 11 is 0. The Morgan fingerprint density at radius 1 is 1.11 bits per heavy atom. The second-order valence-corrected chi connectivity index (χ2v) is 8.23. The van der Waals surface area contributed by atoms with Gasteiger partial charge in [0.2, 0.25) is 0 Å². The molecule has 0 aliphatic carbocycles. The van der Waals surface area contributed by atoms with Gasteiger partial charge in [0.25, 0.3) is 0 Å². The molecule has 0 unspecified atom stereocenters. The van der Waals surface area contributed by atoms with E-state index in [1.807, 2.05) is 23.1 Å². The van der Waals surface area contributed by atoms with E-state index >= 15 is 0 Å². The van der Waals surface area contributed by atoms with Crippen molar-refractivity contribution in [1.29, 1.82) is 5.26 Å². The molecule has 1 aromatic heterocycles. The van der Waals surface area contributed by atoms with E-state index in [0.717, 1.165) is 30.5 Å². The van der Waals surface area contributed by atoms with Crippen molar-refractivity contribution in [1.82, 2.24) is 9.47 Å². The number of ether oxygens (including phenoxy) is 1. The quantitative estimate of drug-likeness (QED) is 0.551. The first-order valence-electron chi connectivity index (χ1n) is 10.9. The van der Waals surface area contributed by atoms with Gasteiger partial charge >= 0.3 is 12.1 Å². The van der Waals surface area contributed by atoms with Crippen molar-refractivity contribution in [2.45, 2.75) is 12.7 Å². The van der Waals surface area contributed by atoms with Crippen LogP contribution >= 0.6 is 0 Å². The van der Waals surface area contributed by atoms with Gasteiger partial charge in [-0.15, -0.1) is 0 Å². The lowest BCUT2D eigenvalue weighted by molar-refractivity contribution is -0.137. The molecule has 2 N–H and O–H groups in total. The van der Waals surface area contributed by atoms with Gasteiger partial charge in [-0.2, -0.15) is 18.4 Å².